The Balaban J connectivity index is 2.13. The van der Waals surface area contributed by atoms with E-state index in [9.17, 15) is 4.79 Å². The Morgan fingerprint density at radius 1 is 1.24 bits per heavy atom. The largest absolute Gasteiger partial charge is 0.467 e. The molecule has 1 saturated heterocycles. The van der Waals surface area contributed by atoms with E-state index in [1.54, 1.807) is 20.3 Å². The molecule has 5 nitrogen and oxygen atoms in total. The Morgan fingerprint density at radius 2 is 1.76 bits per heavy atom. The highest BCUT2D eigenvalue weighted by Crippen LogP contribution is 2.42. The first kappa shape index (κ1) is 16.2. The van der Waals surface area contributed by atoms with Crippen LogP contribution in [0.15, 0.2) is 16.8 Å². The van der Waals surface area contributed by atoms with Crippen molar-refractivity contribution in [3.63, 3.8) is 0 Å². The summed E-state index contributed by atoms with van der Waals surface area (Å²) in [5.74, 6) is 0.0753. The van der Waals surface area contributed by atoms with Crippen molar-refractivity contribution < 1.29 is 14.1 Å². The molecule has 0 aromatic rings. The molecular weight excluding hydrogens is 267 g/mol. The molecule has 0 bridgehead atoms. The van der Waals surface area contributed by atoms with E-state index in [-0.39, 0.29) is 36.0 Å². The fraction of sp³-hybridized carbons (Fsp3) is 0.733. The summed E-state index contributed by atoms with van der Waals surface area (Å²) in [4.78, 5) is 17.8. The molecule has 2 atom stereocenters. The van der Waals surface area contributed by atoms with E-state index in [0.29, 0.717) is 5.70 Å². The molecule has 2 aliphatic rings. The predicted octanol–water partition coefficient (Wildman–Crippen LogP) is 2.14. The summed E-state index contributed by atoms with van der Waals surface area (Å²) < 4.78 is 12.2. The molecule has 0 spiro atoms. The number of allylic oxidation sites excluding steroid dienone is 1. The van der Waals surface area contributed by atoms with Crippen LogP contribution in [-0.4, -0.2) is 49.4 Å². The van der Waals surface area contributed by atoms with Gasteiger partial charge in [0.25, 0.3) is 5.91 Å². The van der Waals surface area contributed by atoms with E-state index in [2.05, 4.69) is 11.9 Å². The smallest absolute Gasteiger partial charge is 0.403 e. The fourth-order valence-electron chi connectivity index (χ4n) is 2.42. The molecule has 0 aromatic heterocycles. The molecule has 2 unspecified atom stereocenters. The molecule has 6 heteroatoms. The van der Waals surface area contributed by atoms with E-state index in [4.69, 9.17) is 9.31 Å². The minimum absolute atomic E-state index is 0.0183. The van der Waals surface area contributed by atoms with Gasteiger partial charge in [-0.3, -0.25) is 9.79 Å². The summed E-state index contributed by atoms with van der Waals surface area (Å²) in [5, 5.41) is 0. The van der Waals surface area contributed by atoms with E-state index < -0.39 is 0 Å². The van der Waals surface area contributed by atoms with Crippen molar-refractivity contribution in [1.82, 2.24) is 4.90 Å². The molecule has 21 heavy (non-hydrogen) atoms. The fourth-order valence-corrected chi connectivity index (χ4v) is 2.42. The number of nitrogens with zero attached hydrogens (tertiary/aromatic N) is 2. The third kappa shape index (κ3) is 2.92. The van der Waals surface area contributed by atoms with Gasteiger partial charge in [0.15, 0.2) is 0 Å². The summed E-state index contributed by atoms with van der Waals surface area (Å²) in [6.45, 7) is 10.2. The topological polar surface area (TPSA) is 51.1 Å². The van der Waals surface area contributed by atoms with Gasteiger partial charge in [0.1, 0.15) is 5.70 Å². The van der Waals surface area contributed by atoms with Crippen molar-refractivity contribution in [3.8, 4) is 0 Å². The second-order valence-electron chi connectivity index (χ2n) is 7.09. The second kappa shape index (κ2) is 5.25. The number of aliphatic imine (C=N–C) groups is 1. The van der Waals surface area contributed by atoms with Crippen LogP contribution in [-0.2, 0) is 14.1 Å². The quantitative estimate of drug-likeness (QED) is 0.733. The molecule has 2 heterocycles. The van der Waals surface area contributed by atoms with Crippen molar-refractivity contribution in [2.24, 2.45) is 10.9 Å². The van der Waals surface area contributed by atoms with Gasteiger partial charge in [-0.1, -0.05) is 13.0 Å². The summed E-state index contributed by atoms with van der Waals surface area (Å²) >= 11 is 0. The second-order valence-corrected chi connectivity index (χ2v) is 7.09. The maximum atomic E-state index is 12.0. The van der Waals surface area contributed by atoms with Gasteiger partial charge < -0.3 is 14.2 Å². The zero-order chi connectivity index (χ0) is 16.0. The third-order valence-corrected chi connectivity index (χ3v) is 4.62. The first-order valence-electron chi connectivity index (χ1n) is 7.38. The lowest BCUT2D eigenvalue weighted by Crippen LogP contribution is -2.41. The Labute approximate surface area is 127 Å². The number of amides is 1. The van der Waals surface area contributed by atoms with Crippen molar-refractivity contribution in [2.45, 2.75) is 51.6 Å². The maximum Gasteiger partial charge on any atom is 0.467 e. The van der Waals surface area contributed by atoms with Crippen molar-refractivity contribution in [2.75, 3.05) is 14.1 Å². The van der Waals surface area contributed by atoms with Gasteiger partial charge in [0.2, 0.25) is 0 Å². The standard InChI is InChI=1S/C15H25BN2O3/c1-10-8-12(13(19)18(6)7)17-9-11(10)16-20-14(2,3)15(4,5)21-16/h8-11H,1-7H3. The minimum atomic E-state index is -0.353. The number of hydrogen-bond donors (Lipinski definition) is 0. The average molecular weight is 292 g/mol. The molecule has 0 N–H and O–H groups in total. The summed E-state index contributed by atoms with van der Waals surface area (Å²) in [6, 6.07) is 0. The number of hydrogen-bond acceptors (Lipinski definition) is 4. The van der Waals surface area contributed by atoms with Gasteiger partial charge >= 0.3 is 7.12 Å². The molecule has 0 saturated carbocycles. The zero-order valence-electron chi connectivity index (χ0n) is 14.0. The SMILES string of the molecule is CC1C=C(C(=O)N(C)C)N=CC1B1OC(C)(C)C(C)(C)O1. The lowest BCUT2D eigenvalue weighted by Gasteiger charge is -2.32. The van der Waals surface area contributed by atoms with Gasteiger partial charge in [-0.15, -0.1) is 0 Å². The van der Waals surface area contributed by atoms with Crippen molar-refractivity contribution in [3.05, 3.63) is 11.8 Å². The lowest BCUT2D eigenvalue weighted by atomic mass is 9.65. The van der Waals surface area contributed by atoms with Crippen LogP contribution in [0.1, 0.15) is 34.6 Å². The van der Waals surface area contributed by atoms with E-state index in [1.165, 1.54) is 4.90 Å². The lowest BCUT2D eigenvalue weighted by molar-refractivity contribution is -0.124. The third-order valence-electron chi connectivity index (χ3n) is 4.62. The summed E-state index contributed by atoms with van der Waals surface area (Å²) in [6.07, 6.45) is 3.70. The van der Waals surface area contributed by atoms with Gasteiger partial charge in [0.05, 0.1) is 11.2 Å². The average Bonchev–Trinajstić information content (AvgIpc) is 2.56. The molecule has 0 aromatic carbocycles. The monoisotopic (exact) mass is 292 g/mol. The van der Waals surface area contributed by atoms with Crippen LogP contribution in [0.4, 0.5) is 0 Å². The minimum Gasteiger partial charge on any atom is -0.403 e. The highest BCUT2D eigenvalue weighted by Gasteiger charge is 2.54. The van der Waals surface area contributed by atoms with Crippen LogP contribution >= 0.6 is 0 Å². The van der Waals surface area contributed by atoms with E-state index >= 15 is 0 Å². The van der Waals surface area contributed by atoms with Crippen LogP contribution in [0, 0.1) is 5.92 Å². The zero-order valence-corrected chi connectivity index (χ0v) is 14.0. The first-order chi connectivity index (χ1) is 9.55. The van der Waals surface area contributed by atoms with E-state index in [0.717, 1.165) is 0 Å². The Kier molecular flexibility index (Phi) is 4.06. The number of likely N-dealkylation sites (N-methyl/N-ethyl adjacent to an activating group) is 1. The normalized spacial score (nSPS) is 30.2. The Morgan fingerprint density at radius 3 is 2.19 bits per heavy atom. The molecule has 2 aliphatic heterocycles. The van der Waals surface area contributed by atoms with Crippen LogP contribution in [0.25, 0.3) is 0 Å². The van der Waals surface area contributed by atoms with Crippen molar-refractivity contribution >= 4 is 19.2 Å². The molecule has 0 aliphatic carbocycles. The summed E-state index contributed by atoms with van der Waals surface area (Å²) in [5.41, 5.74) is -0.219. The van der Waals surface area contributed by atoms with Gasteiger partial charge in [-0.2, -0.15) is 0 Å². The first-order valence-corrected chi connectivity index (χ1v) is 7.38. The van der Waals surface area contributed by atoms with Crippen LogP contribution < -0.4 is 0 Å². The predicted molar refractivity (Wildman–Crippen MR) is 84.3 cm³/mol. The number of rotatable bonds is 2. The molecule has 1 amide bonds. The van der Waals surface area contributed by atoms with Gasteiger partial charge in [0, 0.05) is 26.1 Å². The molecule has 0 radical (unpaired) electrons. The van der Waals surface area contributed by atoms with Crippen LogP contribution in [0.5, 0.6) is 0 Å². The molecule has 2 rings (SSSR count). The summed E-state index contributed by atoms with van der Waals surface area (Å²) in [7, 11) is 3.12. The molecule has 116 valence electrons. The van der Waals surface area contributed by atoms with Gasteiger partial charge in [-0.25, -0.2) is 0 Å². The van der Waals surface area contributed by atoms with Crippen LogP contribution in [0.2, 0.25) is 5.82 Å². The molecule has 1 fully saturated rings. The van der Waals surface area contributed by atoms with E-state index in [1.807, 2.05) is 33.8 Å². The maximum absolute atomic E-state index is 12.0. The molecular formula is C15H25BN2O3. The van der Waals surface area contributed by atoms with Gasteiger partial charge in [-0.05, 0) is 33.6 Å². The highest BCUT2D eigenvalue weighted by atomic mass is 16.7. The Bertz CT molecular complexity index is 481. The highest BCUT2D eigenvalue weighted by molar-refractivity contribution is 6.52. The number of carbonyl (C=O) groups excluding carboxylic acids is 1. The Hall–Kier alpha value is -1.14. The number of carbonyl (C=O) groups is 1. The van der Waals surface area contributed by atoms with Crippen LogP contribution in [0.3, 0.4) is 0 Å². The van der Waals surface area contributed by atoms with Crippen molar-refractivity contribution in [1.29, 1.82) is 0 Å².